The number of rotatable bonds is 5. The third kappa shape index (κ3) is 4.54. The van der Waals surface area contributed by atoms with Gasteiger partial charge in [0.1, 0.15) is 0 Å². The van der Waals surface area contributed by atoms with E-state index < -0.39 is 10.0 Å². The molecule has 80 valence electrons. The van der Waals surface area contributed by atoms with Crippen LogP contribution < -0.4 is 0 Å². The Balaban J connectivity index is 2.44. The number of hydrogen-bond donors (Lipinski definition) is 0. The summed E-state index contributed by atoms with van der Waals surface area (Å²) >= 11 is 0. The summed E-state index contributed by atoms with van der Waals surface area (Å²) in [6.07, 6.45) is 2.16. The lowest BCUT2D eigenvalue weighted by Gasteiger charge is -1.98. The maximum atomic E-state index is 11.0. The van der Waals surface area contributed by atoms with Gasteiger partial charge in [-0.3, -0.25) is 0 Å². The molecule has 0 radical (unpaired) electrons. The van der Waals surface area contributed by atoms with Crippen molar-refractivity contribution in [2.45, 2.75) is 12.8 Å². The first-order chi connectivity index (χ1) is 7.14. The van der Waals surface area contributed by atoms with Crippen LogP contribution in [0.2, 0.25) is 0 Å². The molecule has 1 aromatic carbocycles. The summed E-state index contributed by atoms with van der Waals surface area (Å²) in [6.45, 7) is 0. The second-order valence-corrected chi connectivity index (χ2v) is 4.81. The minimum Gasteiger partial charge on any atom is -0.210 e. The van der Waals surface area contributed by atoms with Crippen LogP contribution in [0.3, 0.4) is 0 Å². The number of carbonyl (C=O) groups excluding carboxylic acids is 1. The van der Waals surface area contributed by atoms with Crippen LogP contribution >= 0.6 is 0 Å². The van der Waals surface area contributed by atoms with E-state index in [1.165, 1.54) is 0 Å². The van der Waals surface area contributed by atoms with E-state index in [2.05, 4.69) is 4.40 Å². The molecule has 0 unspecified atom stereocenters. The van der Waals surface area contributed by atoms with Gasteiger partial charge in [0.2, 0.25) is 0 Å². The molecule has 0 fully saturated rings. The van der Waals surface area contributed by atoms with Crippen LogP contribution in [0.5, 0.6) is 0 Å². The SMILES string of the molecule is O=C=NS(=O)(=O)CCCc1ccccc1. The van der Waals surface area contributed by atoms with Crippen molar-refractivity contribution in [2.24, 2.45) is 4.40 Å². The zero-order valence-corrected chi connectivity index (χ0v) is 8.90. The van der Waals surface area contributed by atoms with Crippen LogP contribution in [0, 0.1) is 0 Å². The van der Waals surface area contributed by atoms with Crippen LogP contribution in [-0.2, 0) is 21.2 Å². The van der Waals surface area contributed by atoms with Crippen molar-refractivity contribution in [2.75, 3.05) is 5.75 Å². The number of hydrogen-bond acceptors (Lipinski definition) is 3. The van der Waals surface area contributed by atoms with E-state index >= 15 is 0 Å². The van der Waals surface area contributed by atoms with Crippen molar-refractivity contribution in [3.8, 4) is 0 Å². The van der Waals surface area contributed by atoms with E-state index in [1.807, 2.05) is 30.3 Å². The third-order valence-electron chi connectivity index (χ3n) is 1.89. The van der Waals surface area contributed by atoms with E-state index in [1.54, 1.807) is 0 Å². The number of sulfonamides is 1. The molecule has 0 heterocycles. The molecule has 15 heavy (non-hydrogen) atoms. The fourth-order valence-electron chi connectivity index (χ4n) is 1.21. The van der Waals surface area contributed by atoms with Gasteiger partial charge in [-0.2, -0.15) is 0 Å². The van der Waals surface area contributed by atoms with Crippen LogP contribution in [0.4, 0.5) is 0 Å². The van der Waals surface area contributed by atoms with Crippen molar-refractivity contribution in [3.05, 3.63) is 35.9 Å². The quantitative estimate of drug-likeness (QED) is 0.560. The smallest absolute Gasteiger partial charge is 0.210 e. The van der Waals surface area contributed by atoms with Gasteiger partial charge in [0.15, 0.2) is 0 Å². The molecular weight excluding hydrogens is 214 g/mol. The molecule has 0 aromatic heterocycles. The highest BCUT2D eigenvalue weighted by Gasteiger charge is 2.07. The highest BCUT2D eigenvalue weighted by Crippen LogP contribution is 2.04. The van der Waals surface area contributed by atoms with Gasteiger partial charge in [0.25, 0.3) is 16.1 Å². The molecule has 0 atom stereocenters. The van der Waals surface area contributed by atoms with E-state index in [4.69, 9.17) is 0 Å². The molecule has 5 heteroatoms. The van der Waals surface area contributed by atoms with Crippen LogP contribution in [-0.4, -0.2) is 20.3 Å². The summed E-state index contributed by atoms with van der Waals surface area (Å²) in [7, 11) is -3.60. The van der Waals surface area contributed by atoms with Gasteiger partial charge in [-0.25, -0.2) is 13.2 Å². The van der Waals surface area contributed by atoms with Gasteiger partial charge in [-0.1, -0.05) is 34.7 Å². The number of aryl methyl sites for hydroxylation is 1. The average Bonchev–Trinajstić information content (AvgIpc) is 2.19. The highest BCUT2D eigenvalue weighted by atomic mass is 32.2. The Hall–Kier alpha value is -1.45. The lowest BCUT2D eigenvalue weighted by atomic mass is 10.1. The Morgan fingerprint density at radius 3 is 2.47 bits per heavy atom. The van der Waals surface area contributed by atoms with Gasteiger partial charge >= 0.3 is 0 Å². The Morgan fingerprint density at radius 2 is 1.87 bits per heavy atom. The monoisotopic (exact) mass is 225 g/mol. The largest absolute Gasteiger partial charge is 0.263 e. The van der Waals surface area contributed by atoms with Gasteiger partial charge in [0.05, 0.1) is 5.75 Å². The Kier molecular flexibility index (Phi) is 4.21. The minimum absolute atomic E-state index is 0.114. The van der Waals surface area contributed by atoms with Crippen LogP contribution in [0.15, 0.2) is 34.7 Å². The fourth-order valence-corrected chi connectivity index (χ4v) is 1.92. The van der Waals surface area contributed by atoms with E-state index in [9.17, 15) is 13.2 Å². The van der Waals surface area contributed by atoms with Crippen molar-refractivity contribution in [3.63, 3.8) is 0 Å². The number of isocyanates is 1. The predicted octanol–water partition coefficient (Wildman–Crippen LogP) is 1.28. The lowest BCUT2D eigenvalue weighted by molar-refractivity contribution is 0.563. The molecule has 0 saturated heterocycles. The predicted molar refractivity (Wildman–Crippen MR) is 56.7 cm³/mol. The molecule has 0 spiro atoms. The molecule has 1 aromatic rings. The molecule has 1 rings (SSSR count). The molecule has 0 aliphatic heterocycles. The topological polar surface area (TPSA) is 63.6 Å². The second-order valence-electron chi connectivity index (χ2n) is 3.06. The Morgan fingerprint density at radius 1 is 1.20 bits per heavy atom. The van der Waals surface area contributed by atoms with Gasteiger partial charge in [0, 0.05) is 0 Å². The van der Waals surface area contributed by atoms with Gasteiger partial charge in [-0.15, -0.1) is 0 Å². The Labute approximate surface area is 88.7 Å². The van der Waals surface area contributed by atoms with Crippen molar-refractivity contribution >= 4 is 16.1 Å². The minimum atomic E-state index is -3.60. The third-order valence-corrected chi connectivity index (χ3v) is 3.04. The maximum absolute atomic E-state index is 11.0. The standard InChI is InChI=1S/C10H11NO3S/c12-9-11-15(13,14)8-4-7-10-5-2-1-3-6-10/h1-3,5-6H,4,7-8H2. The molecule has 0 bridgehead atoms. The summed E-state index contributed by atoms with van der Waals surface area (Å²) < 4.78 is 24.7. The van der Waals surface area contributed by atoms with Crippen molar-refractivity contribution in [1.29, 1.82) is 0 Å². The summed E-state index contributed by atoms with van der Waals surface area (Å²) in [4.78, 5) is 9.78. The second kappa shape index (κ2) is 5.44. The van der Waals surface area contributed by atoms with Crippen molar-refractivity contribution < 1.29 is 13.2 Å². The first-order valence-corrected chi connectivity index (χ1v) is 6.11. The van der Waals surface area contributed by atoms with Crippen LogP contribution in [0.1, 0.15) is 12.0 Å². The maximum Gasteiger partial charge on any atom is 0.263 e. The number of benzene rings is 1. The highest BCUT2D eigenvalue weighted by molar-refractivity contribution is 7.90. The molecule has 0 aliphatic carbocycles. The summed E-state index contributed by atoms with van der Waals surface area (Å²) in [5, 5.41) is 0. The average molecular weight is 225 g/mol. The fraction of sp³-hybridized carbons (Fsp3) is 0.300. The molecule has 0 aliphatic rings. The van der Waals surface area contributed by atoms with E-state index in [-0.39, 0.29) is 5.75 Å². The zero-order valence-electron chi connectivity index (χ0n) is 8.09. The molecule has 4 nitrogen and oxygen atoms in total. The van der Waals surface area contributed by atoms with Gasteiger partial charge < -0.3 is 0 Å². The summed E-state index contributed by atoms with van der Waals surface area (Å²) in [5.74, 6) is -0.114. The van der Waals surface area contributed by atoms with Crippen LogP contribution in [0.25, 0.3) is 0 Å². The first-order valence-electron chi connectivity index (χ1n) is 4.50. The summed E-state index contributed by atoms with van der Waals surface area (Å²) in [6, 6.07) is 9.54. The molecule has 0 saturated carbocycles. The zero-order chi connectivity index (χ0) is 11.1. The normalized spacial score (nSPS) is 10.7. The lowest BCUT2D eigenvalue weighted by Crippen LogP contribution is -2.03. The molecular formula is C10H11NO3S. The van der Waals surface area contributed by atoms with Crippen molar-refractivity contribution in [1.82, 2.24) is 0 Å². The van der Waals surface area contributed by atoms with E-state index in [0.29, 0.717) is 12.8 Å². The summed E-state index contributed by atoms with van der Waals surface area (Å²) in [5.41, 5.74) is 1.07. The number of nitrogens with zero attached hydrogens (tertiary/aromatic N) is 1. The Bertz CT molecular complexity index is 447. The van der Waals surface area contributed by atoms with Gasteiger partial charge in [-0.05, 0) is 18.4 Å². The first kappa shape index (κ1) is 11.6. The molecule has 0 N–H and O–H groups in total. The van der Waals surface area contributed by atoms with E-state index in [0.717, 1.165) is 11.6 Å². The molecule has 0 amide bonds.